The summed E-state index contributed by atoms with van der Waals surface area (Å²) in [4.78, 5) is 30.4. The largest absolute Gasteiger partial charge is 0.436 e. The van der Waals surface area contributed by atoms with E-state index in [0.717, 1.165) is 0 Å². The van der Waals surface area contributed by atoms with Crippen molar-refractivity contribution in [2.24, 2.45) is 4.99 Å². The quantitative estimate of drug-likeness (QED) is 0.359. The maximum absolute atomic E-state index is 13.4. The number of aliphatic imine (C=N–C) groups is 1. The Hall–Kier alpha value is -3.22. The first-order valence-electron chi connectivity index (χ1n) is 9.47. The number of fused-ring (bicyclic) bond motifs is 1. The molecule has 2 heterocycles. The van der Waals surface area contributed by atoms with Crippen LogP contribution in [-0.2, 0) is 26.5 Å². The van der Waals surface area contributed by atoms with Crippen molar-refractivity contribution < 1.29 is 18.9 Å². The topological polar surface area (TPSA) is 71.6 Å². The summed E-state index contributed by atoms with van der Waals surface area (Å²) in [5.74, 6) is -0.973. The average molecular weight is 455 g/mol. The van der Waals surface area contributed by atoms with Crippen LogP contribution in [0.25, 0.3) is 0 Å². The molecule has 8 heteroatoms. The van der Waals surface area contributed by atoms with Gasteiger partial charge in [0, 0.05) is 27.9 Å². The number of nitrogens with one attached hydrogen (secondary N) is 1. The van der Waals surface area contributed by atoms with Gasteiger partial charge in [-0.05, 0) is 61.5 Å². The van der Waals surface area contributed by atoms with Crippen LogP contribution in [0, 0.1) is 0 Å². The molecule has 3 aromatic rings. The number of hydrogen-bond acceptors (Lipinski definition) is 4. The van der Waals surface area contributed by atoms with E-state index in [-0.39, 0.29) is 12.3 Å². The van der Waals surface area contributed by atoms with Gasteiger partial charge in [-0.2, -0.15) is 4.57 Å². The maximum Gasteiger partial charge on any atom is 0.374 e. The first-order valence-corrected chi connectivity index (χ1v) is 10.2. The predicted molar refractivity (Wildman–Crippen MR) is 119 cm³/mol. The third-order valence-corrected chi connectivity index (χ3v) is 5.39. The molecular formula is C23H18Cl2N3O3+. The van der Waals surface area contributed by atoms with Crippen molar-refractivity contribution in [3.05, 3.63) is 88.7 Å². The fourth-order valence-corrected chi connectivity index (χ4v) is 3.66. The van der Waals surface area contributed by atoms with Crippen molar-refractivity contribution in [3.8, 4) is 0 Å². The number of pyridine rings is 1. The molecule has 4 rings (SSSR count). The molecule has 1 aliphatic heterocycles. The second-order valence-electron chi connectivity index (χ2n) is 7.12. The lowest BCUT2D eigenvalue weighted by Gasteiger charge is -2.31. The zero-order chi connectivity index (χ0) is 22.0. The van der Waals surface area contributed by atoms with E-state index in [1.54, 1.807) is 72.3 Å². The Bertz CT molecular complexity index is 1180. The van der Waals surface area contributed by atoms with Crippen LogP contribution in [0.1, 0.15) is 12.6 Å². The number of amides is 1. The van der Waals surface area contributed by atoms with Gasteiger partial charge in [0.05, 0.1) is 5.69 Å². The number of aromatic nitrogens is 1. The van der Waals surface area contributed by atoms with Crippen molar-refractivity contribution >= 4 is 52.2 Å². The minimum Gasteiger partial charge on any atom is -0.436 e. The van der Waals surface area contributed by atoms with E-state index in [1.807, 2.05) is 12.1 Å². The van der Waals surface area contributed by atoms with Crippen LogP contribution in [0.4, 0.5) is 11.4 Å². The Kier molecular flexibility index (Phi) is 5.76. The van der Waals surface area contributed by atoms with Gasteiger partial charge >= 0.3 is 5.97 Å². The van der Waals surface area contributed by atoms with E-state index >= 15 is 0 Å². The summed E-state index contributed by atoms with van der Waals surface area (Å²) < 4.78 is 7.49. The van der Waals surface area contributed by atoms with Gasteiger partial charge in [0.1, 0.15) is 0 Å². The van der Waals surface area contributed by atoms with E-state index < -0.39 is 17.5 Å². The van der Waals surface area contributed by atoms with Crippen LogP contribution >= 0.6 is 23.2 Å². The molecule has 0 saturated heterocycles. The molecule has 0 radical (unpaired) electrons. The van der Waals surface area contributed by atoms with Crippen molar-refractivity contribution in [2.45, 2.75) is 19.1 Å². The first-order chi connectivity index (χ1) is 14.8. The third-order valence-electron chi connectivity index (χ3n) is 4.88. The van der Waals surface area contributed by atoms with Gasteiger partial charge in [-0.1, -0.05) is 23.2 Å². The summed E-state index contributed by atoms with van der Waals surface area (Å²) in [6.45, 7) is 1.71. The van der Waals surface area contributed by atoms with Crippen molar-refractivity contribution in [2.75, 3.05) is 5.32 Å². The molecule has 0 fully saturated rings. The fourth-order valence-electron chi connectivity index (χ4n) is 3.41. The Labute approximate surface area is 189 Å². The summed E-state index contributed by atoms with van der Waals surface area (Å²) in [6, 6.07) is 18.8. The van der Waals surface area contributed by atoms with Crippen molar-refractivity contribution in [3.63, 3.8) is 0 Å². The molecule has 0 saturated carbocycles. The molecule has 1 amide bonds. The number of nitrogens with zero attached hydrogens (tertiary/aromatic N) is 2. The van der Waals surface area contributed by atoms with Crippen molar-refractivity contribution in [1.82, 2.24) is 0 Å². The SMILES string of the molecule is C[C@@]1(C(=Nc2ccc(Cl)cc2)C(=O)Nc2ccc(Cl)cc2)OC(=O)C[n+]2ccccc21. The number of rotatable bonds is 4. The van der Waals surface area contributed by atoms with Crippen LogP contribution in [0.3, 0.4) is 0 Å². The van der Waals surface area contributed by atoms with Gasteiger partial charge in [-0.3, -0.25) is 4.79 Å². The Morgan fingerprint density at radius 1 is 1.03 bits per heavy atom. The van der Waals surface area contributed by atoms with Gasteiger partial charge in [-0.15, -0.1) is 0 Å². The summed E-state index contributed by atoms with van der Waals surface area (Å²) in [5, 5.41) is 3.91. The highest BCUT2D eigenvalue weighted by atomic mass is 35.5. The number of carbonyl (C=O) groups is 2. The molecule has 0 spiro atoms. The summed E-state index contributed by atoms with van der Waals surface area (Å²) >= 11 is 11.9. The minimum atomic E-state index is -1.41. The minimum absolute atomic E-state index is 0.0257. The lowest BCUT2D eigenvalue weighted by Crippen LogP contribution is -2.59. The highest BCUT2D eigenvalue weighted by molar-refractivity contribution is 6.46. The van der Waals surface area contributed by atoms with Crippen LogP contribution in [0.2, 0.25) is 10.0 Å². The van der Waals surface area contributed by atoms with E-state index in [4.69, 9.17) is 27.9 Å². The summed E-state index contributed by atoms with van der Waals surface area (Å²) in [5.41, 5.74) is 0.277. The number of cyclic esters (lactones) is 1. The average Bonchev–Trinajstić information content (AvgIpc) is 2.74. The zero-order valence-electron chi connectivity index (χ0n) is 16.5. The van der Waals surface area contributed by atoms with Crippen molar-refractivity contribution in [1.29, 1.82) is 0 Å². The monoisotopic (exact) mass is 454 g/mol. The number of esters is 1. The molecule has 1 aliphatic rings. The van der Waals surface area contributed by atoms with Gasteiger partial charge < -0.3 is 10.1 Å². The van der Waals surface area contributed by atoms with Crippen LogP contribution in [0.5, 0.6) is 0 Å². The standard InChI is InChI=1S/C23H17Cl2N3O3/c1-23(19-4-2-3-13-28(19)14-20(29)31-23)21(26-17-9-5-15(24)6-10-17)22(30)27-18-11-7-16(25)8-12-18/h2-13H,14H2,1H3/p+1/t23-/m1/s1. The Balaban J connectivity index is 1.82. The van der Waals surface area contributed by atoms with E-state index in [9.17, 15) is 9.59 Å². The van der Waals surface area contributed by atoms with Crippen LogP contribution in [-0.4, -0.2) is 17.6 Å². The normalized spacial score (nSPS) is 18.2. The summed E-state index contributed by atoms with van der Waals surface area (Å²) in [6.07, 6.45) is 1.77. The molecule has 0 bridgehead atoms. The molecule has 6 nitrogen and oxygen atoms in total. The molecule has 0 unspecified atom stereocenters. The second kappa shape index (κ2) is 8.49. The number of anilines is 1. The Morgan fingerprint density at radius 3 is 2.35 bits per heavy atom. The van der Waals surface area contributed by atoms with Crippen LogP contribution < -0.4 is 9.88 Å². The Morgan fingerprint density at radius 2 is 1.68 bits per heavy atom. The summed E-state index contributed by atoms with van der Waals surface area (Å²) in [7, 11) is 0. The number of ether oxygens (including phenoxy) is 1. The lowest BCUT2D eigenvalue weighted by molar-refractivity contribution is -0.705. The van der Waals surface area contributed by atoms with E-state index in [1.165, 1.54) is 0 Å². The molecule has 2 aromatic carbocycles. The van der Waals surface area contributed by atoms with Gasteiger partial charge in [0.15, 0.2) is 11.9 Å². The van der Waals surface area contributed by atoms with Gasteiger partial charge in [0.2, 0.25) is 17.8 Å². The predicted octanol–water partition coefficient (Wildman–Crippen LogP) is 4.46. The smallest absolute Gasteiger partial charge is 0.374 e. The zero-order valence-corrected chi connectivity index (χ0v) is 18.0. The number of benzene rings is 2. The highest BCUT2D eigenvalue weighted by Crippen LogP contribution is 2.31. The molecule has 31 heavy (non-hydrogen) atoms. The van der Waals surface area contributed by atoms with E-state index in [2.05, 4.69) is 10.3 Å². The third kappa shape index (κ3) is 4.45. The lowest BCUT2D eigenvalue weighted by atomic mass is 9.92. The number of halogens is 2. The number of hydrogen-bond donors (Lipinski definition) is 1. The fraction of sp³-hybridized carbons (Fsp3) is 0.130. The van der Waals surface area contributed by atoms with Crippen LogP contribution in [0.15, 0.2) is 77.9 Å². The molecule has 0 aliphatic carbocycles. The van der Waals surface area contributed by atoms with Gasteiger partial charge in [0.25, 0.3) is 5.91 Å². The molecule has 1 atom stereocenters. The van der Waals surface area contributed by atoms with E-state index in [0.29, 0.717) is 27.1 Å². The maximum atomic E-state index is 13.4. The number of carbonyl (C=O) groups excluding carboxylic acids is 2. The molecule has 1 N–H and O–H groups in total. The molecule has 1 aromatic heterocycles. The second-order valence-corrected chi connectivity index (χ2v) is 7.99. The highest BCUT2D eigenvalue weighted by Gasteiger charge is 2.50. The first kappa shape index (κ1) is 21.0. The van der Waals surface area contributed by atoms with Gasteiger partial charge in [-0.25, -0.2) is 9.79 Å². The molecule has 156 valence electrons. The molecular weight excluding hydrogens is 437 g/mol.